The summed E-state index contributed by atoms with van der Waals surface area (Å²) in [6, 6.07) is 10.2. The lowest BCUT2D eigenvalue weighted by molar-refractivity contribution is -0.127. The van der Waals surface area contributed by atoms with Crippen molar-refractivity contribution < 1.29 is 23.9 Å². The van der Waals surface area contributed by atoms with Gasteiger partial charge in [-0.3, -0.25) is 9.59 Å². The molecule has 0 radical (unpaired) electrons. The number of nitrogens with one attached hydrogen (secondary N) is 2. The number of nitrogens with zero attached hydrogens (tertiary/aromatic N) is 1. The third kappa shape index (κ3) is 6.25. The molecule has 2 aromatic rings. The number of urea groups is 1. The minimum Gasteiger partial charge on any atom is -0.490 e. The van der Waals surface area contributed by atoms with Crippen LogP contribution < -0.4 is 20.1 Å². The lowest BCUT2D eigenvalue weighted by atomic mass is 10.1. The fraction of sp³-hybridized carbons (Fsp3) is 0.292. The van der Waals surface area contributed by atoms with Crippen molar-refractivity contribution in [2.75, 3.05) is 18.5 Å². The van der Waals surface area contributed by atoms with Crippen LogP contribution >= 0.6 is 22.6 Å². The number of benzene rings is 2. The summed E-state index contributed by atoms with van der Waals surface area (Å²) in [4.78, 5) is 38.4. The number of aryl methyl sites for hydroxylation is 1. The lowest BCUT2D eigenvalue weighted by Gasteiger charge is -2.17. The molecule has 2 N–H and O–H groups in total. The molecule has 3 rings (SSSR count). The van der Waals surface area contributed by atoms with Crippen LogP contribution in [0.1, 0.15) is 31.9 Å². The van der Waals surface area contributed by atoms with E-state index in [1.165, 1.54) is 0 Å². The van der Waals surface area contributed by atoms with Crippen LogP contribution in [-0.2, 0) is 9.59 Å². The van der Waals surface area contributed by atoms with E-state index in [1.54, 1.807) is 24.3 Å². The van der Waals surface area contributed by atoms with Gasteiger partial charge in [0, 0.05) is 5.69 Å². The van der Waals surface area contributed by atoms with Crippen molar-refractivity contribution in [2.45, 2.75) is 33.8 Å². The summed E-state index contributed by atoms with van der Waals surface area (Å²) in [5, 5.41) is 5.24. The number of halogens is 1. The van der Waals surface area contributed by atoms with Crippen molar-refractivity contribution in [1.29, 1.82) is 0 Å². The maximum Gasteiger partial charge on any atom is 0.329 e. The molecule has 0 aromatic heterocycles. The standard InChI is InChI=1S/C24H26IN3O5/c1-5-32-20-12-16(10-18(25)22(20)33-14(2)3)11-19-23(30)28(24(31)27-19)13-21(29)26-17-8-6-7-15(4)9-17/h6-12,14H,5,13H2,1-4H3,(H,26,29)(H,27,31)/b19-11+. The van der Waals surface area contributed by atoms with E-state index in [4.69, 9.17) is 9.47 Å². The van der Waals surface area contributed by atoms with E-state index in [0.29, 0.717) is 29.4 Å². The quantitative estimate of drug-likeness (QED) is 0.284. The van der Waals surface area contributed by atoms with E-state index in [2.05, 4.69) is 33.2 Å². The molecule has 0 unspecified atom stereocenters. The van der Waals surface area contributed by atoms with E-state index in [1.807, 2.05) is 45.9 Å². The third-order valence-corrected chi connectivity index (χ3v) is 5.36. The molecule has 0 spiro atoms. The largest absolute Gasteiger partial charge is 0.490 e. The summed E-state index contributed by atoms with van der Waals surface area (Å²) >= 11 is 2.14. The number of anilines is 1. The van der Waals surface area contributed by atoms with Gasteiger partial charge in [0.15, 0.2) is 11.5 Å². The number of hydrogen-bond donors (Lipinski definition) is 2. The third-order valence-electron chi connectivity index (χ3n) is 4.56. The second-order valence-electron chi connectivity index (χ2n) is 7.73. The number of carbonyl (C=O) groups is 3. The first-order valence-electron chi connectivity index (χ1n) is 10.5. The van der Waals surface area contributed by atoms with Gasteiger partial charge in [-0.25, -0.2) is 9.69 Å². The SMILES string of the molecule is CCOc1cc(/C=C2/NC(=O)N(CC(=O)Nc3cccc(C)c3)C2=O)cc(I)c1OC(C)C. The highest BCUT2D eigenvalue weighted by molar-refractivity contribution is 14.1. The van der Waals surface area contributed by atoms with Crippen molar-refractivity contribution in [3.05, 3.63) is 56.8 Å². The average molecular weight is 563 g/mol. The number of rotatable bonds is 8. The number of imide groups is 1. The van der Waals surface area contributed by atoms with Gasteiger partial charge >= 0.3 is 6.03 Å². The second kappa shape index (κ2) is 10.7. The van der Waals surface area contributed by atoms with Crippen LogP contribution in [0.4, 0.5) is 10.5 Å². The van der Waals surface area contributed by atoms with Gasteiger partial charge < -0.3 is 20.1 Å². The number of hydrogen-bond acceptors (Lipinski definition) is 5. The maximum atomic E-state index is 12.8. The summed E-state index contributed by atoms with van der Waals surface area (Å²) in [5.41, 5.74) is 2.33. The Labute approximate surface area is 206 Å². The number of carbonyl (C=O) groups excluding carboxylic acids is 3. The number of ether oxygens (including phenoxy) is 2. The van der Waals surface area contributed by atoms with Crippen molar-refractivity contribution in [2.24, 2.45) is 0 Å². The monoisotopic (exact) mass is 563 g/mol. The molecule has 0 atom stereocenters. The minimum atomic E-state index is -0.648. The van der Waals surface area contributed by atoms with Gasteiger partial charge in [-0.2, -0.15) is 0 Å². The molecule has 1 fully saturated rings. The second-order valence-corrected chi connectivity index (χ2v) is 8.89. The highest BCUT2D eigenvalue weighted by Gasteiger charge is 2.35. The van der Waals surface area contributed by atoms with Crippen LogP contribution in [0.15, 0.2) is 42.1 Å². The molecule has 1 aliphatic rings. The predicted molar refractivity (Wildman–Crippen MR) is 134 cm³/mol. The van der Waals surface area contributed by atoms with Gasteiger partial charge in [-0.05, 0) is 91.8 Å². The van der Waals surface area contributed by atoms with Gasteiger partial charge in [0.25, 0.3) is 5.91 Å². The Balaban J connectivity index is 1.78. The van der Waals surface area contributed by atoms with Crippen LogP contribution in [0.2, 0.25) is 0 Å². The Morgan fingerprint density at radius 3 is 2.67 bits per heavy atom. The van der Waals surface area contributed by atoms with Crippen LogP contribution in [0.25, 0.3) is 6.08 Å². The molecular formula is C24H26IN3O5. The first-order chi connectivity index (χ1) is 15.7. The van der Waals surface area contributed by atoms with E-state index in [9.17, 15) is 14.4 Å². The van der Waals surface area contributed by atoms with Crippen molar-refractivity contribution in [3.8, 4) is 11.5 Å². The van der Waals surface area contributed by atoms with E-state index >= 15 is 0 Å². The van der Waals surface area contributed by atoms with Crippen molar-refractivity contribution in [1.82, 2.24) is 10.2 Å². The average Bonchev–Trinajstić information content (AvgIpc) is 2.98. The normalized spacial score (nSPS) is 14.6. The highest BCUT2D eigenvalue weighted by atomic mass is 127. The zero-order chi connectivity index (χ0) is 24.1. The molecule has 0 saturated carbocycles. The Hall–Kier alpha value is -3.08. The summed E-state index contributed by atoms with van der Waals surface area (Å²) < 4.78 is 12.4. The molecule has 4 amide bonds. The number of amides is 4. The summed E-state index contributed by atoms with van der Waals surface area (Å²) in [6.07, 6.45) is 1.53. The van der Waals surface area contributed by atoms with Gasteiger partial charge in [-0.1, -0.05) is 12.1 Å². The Morgan fingerprint density at radius 2 is 2.00 bits per heavy atom. The molecule has 0 bridgehead atoms. The van der Waals surface area contributed by atoms with Gasteiger partial charge in [0.2, 0.25) is 5.91 Å². The molecule has 1 aliphatic heterocycles. The van der Waals surface area contributed by atoms with Gasteiger partial charge in [0.05, 0.1) is 16.3 Å². The molecule has 33 heavy (non-hydrogen) atoms. The van der Waals surface area contributed by atoms with Crippen molar-refractivity contribution in [3.63, 3.8) is 0 Å². The van der Waals surface area contributed by atoms with E-state index in [-0.39, 0.29) is 11.8 Å². The van der Waals surface area contributed by atoms with E-state index < -0.39 is 24.4 Å². The maximum absolute atomic E-state index is 12.8. The van der Waals surface area contributed by atoms with Crippen LogP contribution in [0.5, 0.6) is 11.5 Å². The molecule has 8 nitrogen and oxygen atoms in total. The van der Waals surface area contributed by atoms with Crippen molar-refractivity contribution >= 4 is 52.2 Å². The zero-order valence-electron chi connectivity index (χ0n) is 18.9. The van der Waals surface area contributed by atoms with Crippen LogP contribution in [0.3, 0.4) is 0 Å². The Morgan fingerprint density at radius 1 is 1.24 bits per heavy atom. The Kier molecular flexibility index (Phi) is 7.96. The predicted octanol–water partition coefficient (Wildman–Crippen LogP) is 4.32. The Bertz CT molecular complexity index is 1110. The summed E-state index contributed by atoms with van der Waals surface area (Å²) in [5.74, 6) is 0.144. The zero-order valence-corrected chi connectivity index (χ0v) is 21.1. The molecule has 174 valence electrons. The minimum absolute atomic E-state index is 0.0304. The van der Waals surface area contributed by atoms with E-state index in [0.717, 1.165) is 14.0 Å². The summed E-state index contributed by atoms with van der Waals surface area (Å²) in [6.45, 7) is 7.69. The van der Waals surface area contributed by atoms with Crippen LogP contribution in [-0.4, -0.2) is 42.0 Å². The van der Waals surface area contributed by atoms with Gasteiger partial charge in [0.1, 0.15) is 12.2 Å². The molecule has 2 aromatic carbocycles. The topological polar surface area (TPSA) is 97.0 Å². The first kappa shape index (κ1) is 24.6. The fourth-order valence-corrected chi connectivity index (χ4v) is 3.99. The van der Waals surface area contributed by atoms with Gasteiger partial charge in [-0.15, -0.1) is 0 Å². The van der Waals surface area contributed by atoms with Crippen LogP contribution in [0, 0.1) is 10.5 Å². The smallest absolute Gasteiger partial charge is 0.329 e. The molecule has 0 aliphatic carbocycles. The lowest BCUT2D eigenvalue weighted by Crippen LogP contribution is -2.38. The fourth-order valence-electron chi connectivity index (χ4n) is 3.23. The molecule has 1 saturated heterocycles. The molecule has 1 heterocycles. The summed E-state index contributed by atoms with van der Waals surface area (Å²) in [7, 11) is 0. The first-order valence-corrected chi connectivity index (χ1v) is 11.6. The highest BCUT2D eigenvalue weighted by Crippen LogP contribution is 2.35. The molecular weight excluding hydrogens is 537 g/mol. The molecule has 9 heteroatoms.